The van der Waals surface area contributed by atoms with Crippen molar-refractivity contribution in [3.63, 3.8) is 0 Å². The van der Waals surface area contributed by atoms with Crippen LogP contribution >= 0.6 is 0 Å². The van der Waals surface area contributed by atoms with Crippen molar-refractivity contribution in [3.05, 3.63) is 28.8 Å². The van der Waals surface area contributed by atoms with Crippen LogP contribution < -0.4 is 10.5 Å². The molecule has 2 N–H and O–H groups in total. The van der Waals surface area contributed by atoms with Gasteiger partial charge in [0.05, 0.1) is 7.11 Å². The van der Waals surface area contributed by atoms with E-state index in [1.807, 2.05) is 6.92 Å². The molecule has 0 amide bonds. The van der Waals surface area contributed by atoms with Gasteiger partial charge in [0.15, 0.2) is 0 Å². The van der Waals surface area contributed by atoms with Gasteiger partial charge in [-0.15, -0.1) is 0 Å². The number of hydrogen-bond acceptors (Lipinski definition) is 2. The maximum atomic E-state index is 5.87. The normalized spacial score (nSPS) is 13.6. The van der Waals surface area contributed by atoms with Gasteiger partial charge in [-0.05, 0) is 48.4 Å². The van der Waals surface area contributed by atoms with Crippen LogP contribution in [0.25, 0.3) is 0 Å². The molecule has 0 spiro atoms. The lowest BCUT2D eigenvalue weighted by Crippen LogP contribution is -2.19. The Morgan fingerprint density at radius 1 is 1.29 bits per heavy atom. The fourth-order valence-corrected chi connectivity index (χ4v) is 2.05. The third kappa shape index (κ3) is 3.47. The Morgan fingerprint density at radius 3 is 2.29 bits per heavy atom. The van der Waals surface area contributed by atoms with Crippen molar-refractivity contribution in [2.45, 2.75) is 52.5 Å². The molecule has 1 unspecified atom stereocenters. The Bertz CT molecular complexity index is 389. The Labute approximate surface area is 105 Å². The Morgan fingerprint density at radius 2 is 1.88 bits per heavy atom. The average Bonchev–Trinajstić information content (AvgIpc) is 2.18. The first-order valence-electron chi connectivity index (χ1n) is 6.19. The van der Waals surface area contributed by atoms with E-state index in [-0.39, 0.29) is 11.5 Å². The van der Waals surface area contributed by atoms with Crippen LogP contribution in [0.4, 0.5) is 0 Å². The molecule has 1 aromatic carbocycles. The quantitative estimate of drug-likeness (QED) is 0.873. The van der Waals surface area contributed by atoms with Crippen LogP contribution in [0.3, 0.4) is 0 Å². The molecule has 1 atom stereocenters. The van der Waals surface area contributed by atoms with Gasteiger partial charge in [-0.3, -0.25) is 0 Å². The summed E-state index contributed by atoms with van der Waals surface area (Å²) in [7, 11) is 1.73. The molecule has 1 aromatic rings. The van der Waals surface area contributed by atoms with Gasteiger partial charge < -0.3 is 10.5 Å². The SMILES string of the molecule is COc1cc(CC(C)N)c(C)cc1C(C)(C)C. The number of aryl methyl sites for hydroxylation is 1. The lowest BCUT2D eigenvalue weighted by atomic mass is 9.84. The van der Waals surface area contributed by atoms with E-state index in [0.29, 0.717) is 0 Å². The van der Waals surface area contributed by atoms with Crippen molar-refractivity contribution >= 4 is 0 Å². The highest BCUT2D eigenvalue weighted by molar-refractivity contribution is 5.45. The van der Waals surface area contributed by atoms with Crippen LogP contribution in [0.2, 0.25) is 0 Å². The summed E-state index contributed by atoms with van der Waals surface area (Å²) < 4.78 is 5.51. The predicted octanol–water partition coefficient (Wildman–Crippen LogP) is 3.19. The minimum absolute atomic E-state index is 0.100. The van der Waals surface area contributed by atoms with Crippen LogP contribution in [0.1, 0.15) is 44.4 Å². The number of ether oxygens (including phenoxy) is 1. The lowest BCUT2D eigenvalue weighted by molar-refractivity contribution is 0.396. The van der Waals surface area contributed by atoms with E-state index in [1.165, 1.54) is 16.7 Å². The summed E-state index contributed by atoms with van der Waals surface area (Å²) in [5, 5.41) is 0. The van der Waals surface area contributed by atoms with Crippen molar-refractivity contribution in [1.29, 1.82) is 0 Å². The summed E-state index contributed by atoms with van der Waals surface area (Å²) in [5.41, 5.74) is 9.80. The van der Waals surface area contributed by atoms with E-state index >= 15 is 0 Å². The fraction of sp³-hybridized carbons (Fsp3) is 0.600. The summed E-state index contributed by atoms with van der Waals surface area (Å²) in [6.45, 7) is 10.8. The molecule has 0 saturated carbocycles. The largest absolute Gasteiger partial charge is 0.496 e. The van der Waals surface area contributed by atoms with Gasteiger partial charge in [0.25, 0.3) is 0 Å². The molecule has 0 aromatic heterocycles. The summed E-state index contributed by atoms with van der Waals surface area (Å²) in [4.78, 5) is 0. The standard InChI is InChI=1S/C15H25NO/c1-10-7-13(15(3,4)5)14(17-6)9-12(10)8-11(2)16/h7,9,11H,8,16H2,1-6H3. The molecule has 0 aliphatic carbocycles. The molecule has 1 rings (SSSR count). The number of rotatable bonds is 3. The highest BCUT2D eigenvalue weighted by Gasteiger charge is 2.20. The third-order valence-electron chi connectivity index (χ3n) is 3.01. The van der Waals surface area contributed by atoms with Crippen LogP contribution in [-0.2, 0) is 11.8 Å². The third-order valence-corrected chi connectivity index (χ3v) is 3.01. The Hall–Kier alpha value is -1.02. The molecule has 0 fully saturated rings. The number of nitrogens with two attached hydrogens (primary N) is 1. The second-order valence-corrected chi connectivity index (χ2v) is 5.91. The van der Waals surface area contributed by atoms with Gasteiger partial charge in [0, 0.05) is 6.04 Å². The molecule has 96 valence electrons. The first-order chi connectivity index (χ1) is 7.75. The molecule has 0 bridgehead atoms. The first kappa shape index (κ1) is 14.0. The molecule has 0 saturated heterocycles. The van der Waals surface area contributed by atoms with E-state index in [1.54, 1.807) is 7.11 Å². The zero-order valence-corrected chi connectivity index (χ0v) is 11.9. The van der Waals surface area contributed by atoms with E-state index in [4.69, 9.17) is 10.5 Å². The van der Waals surface area contributed by atoms with Gasteiger partial charge in [-0.1, -0.05) is 26.8 Å². The van der Waals surface area contributed by atoms with Gasteiger partial charge in [0.1, 0.15) is 5.75 Å². The molecule has 0 heterocycles. The van der Waals surface area contributed by atoms with E-state index in [2.05, 4.69) is 39.8 Å². The zero-order chi connectivity index (χ0) is 13.2. The number of methoxy groups -OCH3 is 1. The van der Waals surface area contributed by atoms with E-state index in [0.717, 1.165) is 12.2 Å². The fourth-order valence-electron chi connectivity index (χ4n) is 2.05. The summed E-state index contributed by atoms with van der Waals surface area (Å²) >= 11 is 0. The van der Waals surface area contributed by atoms with Gasteiger partial charge in [-0.25, -0.2) is 0 Å². The predicted molar refractivity (Wildman–Crippen MR) is 73.8 cm³/mol. The zero-order valence-electron chi connectivity index (χ0n) is 11.9. The first-order valence-corrected chi connectivity index (χ1v) is 6.19. The summed E-state index contributed by atoms with van der Waals surface area (Å²) in [6.07, 6.45) is 0.895. The maximum Gasteiger partial charge on any atom is 0.122 e. The van der Waals surface area contributed by atoms with Crippen molar-refractivity contribution in [2.75, 3.05) is 7.11 Å². The molecule has 17 heavy (non-hydrogen) atoms. The van der Waals surface area contributed by atoms with Crippen LogP contribution in [-0.4, -0.2) is 13.2 Å². The highest BCUT2D eigenvalue weighted by atomic mass is 16.5. The molecule has 0 aliphatic rings. The molecule has 2 heteroatoms. The Balaban J connectivity index is 3.25. The number of hydrogen-bond donors (Lipinski definition) is 1. The second-order valence-electron chi connectivity index (χ2n) is 5.91. The summed E-state index contributed by atoms with van der Waals surface area (Å²) in [6, 6.07) is 4.55. The summed E-state index contributed by atoms with van der Waals surface area (Å²) in [5.74, 6) is 0.971. The average molecular weight is 235 g/mol. The molecule has 0 aliphatic heterocycles. The van der Waals surface area contributed by atoms with Crippen LogP contribution in [0, 0.1) is 6.92 Å². The van der Waals surface area contributed by atoms with E-state index in [9.17, 15) is 0 Å². The minimum Gasteiger partial charge on any atom is -0.496 e. The van der Waals surface area contributed by atoms with Gasteiger partial charge >= 0.3 is 0 Å². The maximum absolute atomic E-state index is 5.87. The Kier molecular flexibility index (Phi) is 4.21. The van der Waals surface area contributed by atoms with Gasteiger partial charge in [0.2, 0.25) is 0 Å². The topological polar surface area (TPSA) is 35.2 Å². The van der Waals surface area contributed by atoms with Crippen molar-refractivity contribution < 1.29 is 4.74 Å². The number of benzene rings is 1. The molecular formula is C15H25NO. The van der Waals surface area contributed by atoms with Crippen LogP contribution in [0.5, 0.6) is 5.75 Å². The van der Waals surface area contributed by atoms with Crippen LogP contribution in [0.15, 0.2) is 12.1 Å². The lowest BCUT2D eigenvalue weighted by Gasteiger charge is -2.24. The molecule has 0 radical (unpaired) electrons. The minimum atomic E-state index is 0.100. The van der Waals surface area contributed by atoms with E-state index < -0.39 is 0 Å². The van der Waals surface area contributed by atoms with Gasteiger partial charge in [-0.2, -0.15) is 0 Å². The van der Waals surface area contributed by atoms with Crippen molar-refractivity contribution in [3.8, 4) is 5.75 Å². The van der Waals surface area contributed by atoms with Crippen molar-refractivity contribution in [1.82, 2.24) is 0 Å². The van der Waals surface area contributed by atoms with Crippen molar-refractivity contribution in [2.24, 2.45) is 5.73 Å². The second kappa shape index (κ2) is 5.09. The molecular weight excluding hydrogens is 210 g/mol. The monoisotopic (exact) mass is 235 g/mol. The molecule has 2 nitrogen and oxygen atoms in total. The highest BCUT2D eigenvalue weighted by Crippen LogP contribution is 2.33. The smallest absolute Gasteiger partial charge is 0.122 e.